The van der Waals surface area contributed by atoms with Gasteiger partial charge in [-0.1, -0.05) is 36.6 Å². The lowest BCUT2D eigenvalue weighted by atomic mass is 9.89. The lowest BCUT2D eigenvalue weighted by molar-refractivity contribution is -0.136. The Morgan fingerprint density at radius 3 is 2.67 bits per heavy atom. The zero-order valence-corrected chi connectivity index (χ0v) is 20.4. The molecule has 1 saturated carbocycles. The normalized spacial score (nSPS) is 22.3. The van der Waals surface area contributed by atoms with Gasteiger partial charge in [-0.2, -0.15) is 13.2 Å². The van der Waals surface area contributed by atoms with Gasteiger partial charge in [0.2, 0.25) is 0 Å². The first-order chi connectivity index (χ1) is 17.2. The van der Waals surface area contributed by atoms with E-state index in [4.69, 9.17) is 11.6 Å². The summed E-state index contributed by atoms with van der Waals surface area (Å²) >= 11 is 5.93. The average molecular weight is 518 g/mol. The highest BCUT2D eigenvalue weighted by molar-refractivity contribution is 6.29. The van der Waals surface area contributed by atoms with Gasteiger partial charge in [0.05, 0.1) is 23.7 Å². The molecule has 2 aliphatic rings. The predicted molar refractivity (Wildman–Crippen MR) is 131 cm³/mol. The molecule has 1 amide bonds. The highest BCUT2D eigenvalue weighted by Crippen LogP contribution is 2.45. The second kappa shape index (κ2) is 9.98. The van der Waals surface area contributed by atoms with Gasteiger partial charge in [-0.25, -0.2) is 4.98 Å². The second-order valence-electron chi connectivity index (χ2n) is 9.72. The summed E-state index contributed by atoms with van der Waals surface area (Å²) in [5.74, 6) is -0.240. The van der Waals surface area contributed by atoms with Crippen LogP contribution in [0.15, 0.2) is 42.7 Å². The van der Waals surface area contributed by atoms with E-state index in [1.807, 2.05) is 24.3 Å². The van der Waals surface area contributed by atoms with E-state index in [2.05, 4.69) is 9.97 Å². The summed E-state index contributed by atoms with van der Waals surface area (Å²) < 4.78 is 39.0. The van der Waals surface area contributed by atoms with E-state index < -0.39 is 30.8 Å². The smallest absolute Gasteiger partial charge is 0.389 e. The first kappa shape index (κ1) is 25.0. The summed E-state index contributed by atoms with van der Waals surface area (Å²) in [6.45, 7) is 0. The lowest BCUT2D eigenvalue weighted by Gasteiger charge is -2.39. The van der Waals surface area contributed by atoms with E-state index in [1.165, 1.54) is 0 Å². The zero-order chi connectivity index (χ0) is 25.4. The number of aliphatic hydroxyl groups excluding tert-OH is 1. The standard InChI is InChI=1S/C27H27ClF3N3O2/c28-23-10-9-16(15-33-23)13-17-14-19-24(25-18(17)5-4-12-32-25)21(7-3-11-27(29,30)31)34(26(19)36)20-6-1-2-8-22(20)35/h4-5,9-10,12,14-15,20-22,35H,1-3,6-8,11,13H2. The Morgan fingerprint density at radius 1 is 1.14 bits per heavy atom. The van der Waals surface area contributed by atoms with Crippen LogP contribution in [-0.4, -0.2) is 44.2 Å². The monoisotopic (exact) mass is 517 g/mol. The number of amides is 1. The second-order valence-corrected chi connectivity index (χ2v) is 10.1. The fraction of sp³-hybridized carbons (Fsp3) is 0.444. The number of hydrogen-bond donors (Lipinski definition) is 1. The van der Waals surface area contributed by atoms with Crippen molar-refractivity contribution in [2.24, 2.45) is 0 Å². The number of alkyl halides is 3. The van der Waals surface area contributed by atoms with Crippen molar-refractivity contribution >= 4 is 28.4 Å². The predicted octanol–water partition coefficient (Wildman–Crippen LogP) is 6.41. The fourth-order valence-electron chi connectivity index (χ4n) is 5.72. The Bertz CT molecular complexity index is 1270. The molecule has 36 heavy (non-hydrogen) atoms. The summed E-state index contributed by atoms with van der Waals surface area (Å²) in [4.78, 5) is 24.3. The van der Waals surface area contributed by atoms with Crippen molar-refractivity contribution in [2.45, 2.75) is 75.7 Å². The van der Waals surface area contributed by atoms with Gasteiger partial charge in [0.15, 0.2) is 0 Å². The zero-order valence-electron chi connectivity index (χ0n) is 19.6. The van der Waals surface area contributed by atoms with E-state index >= 15 is 0 Å². The maximum atomic E-state index is 13.8. The molecule has 2 aromatic heterocycles. The van der Waals surface area contributed by atoms with Crippen LogP contribution >= 0.6 is 11.6 Å². The number of aromatic nitrogens is 2. The molecule has 190 valence electrons. The first-order valence-electron chi connectivity index (χ1n) is 12.3. The third kappa shape index (κ3) is 4.93. The molecular formula is C27H27ClF3N3O2. The summed E-state index contributed by atoms with van der Waals surface area (Å²) in [6, 6.07) is 8.19. The van der Waals surface area contributed by atoms with Crippen LogP contribution in [0, 0.1) is 0 Å². The first-order valence-corrected chi connectivity index (χ1v) is 12.7. The minimum absolute atomic E-state index is 0.104. The van der Waals surface area contributed by atoms with Crippen molar-refractivity contribution in [1.29, 1.82) is 0 Å². The van der Waals surface area contributed by atoms with E-state index in [0.29, 0.717) is 41.1 Å². The van der Waals surface area contributed by atoms with Crippen LogP contribution in [0.2, 0.25) is 5.15 Å². The SMILES string of the molecule is O=C1c2cc(Cc3ccc(Cl)nc3)c3cccnc3c2C(CCCC(F)(F)F)N1C1CCCCC1O. The van der Waals surface area contributed by atoms with Crippen LogP contribution in [0.25, 0.3) is 10.9 Å². The van der Waals surface area contributed by atoms with Gasteiger partial charge >= 0.3 is 6.18 Å². The largest absolute Gasteiger partial charge is 0.391 e. The van der Waals surface area contributed by atoms with Gasteiger partial charge in [0.25, 0.3) is 5.91 Å². The highest BCUT2D eigenvalue weighted by atomic mass is 35.5. The number of carbonyl (C=O) groups excluding carboxylic acids is 1. The average Bonchev–Trinajstić information content (AvgIpc) is 3.11. The number of benzene rings is 1. The quantitative estimate of drug-likeness (QED) is 0.384. The molecule has 3 heterocycles. The van der Waals surface area contributed by atoms with Crippen molar-refractivity contribution in [1.82, 2.24) is 14.9 Å². The van der Waals surface area contributed by atoms with E-state index in [0.717, 1.165) is 29.4 Å². The van der Waals surface area contributed by atoms with Gasteiger partial charge in [-0.15, -0.1) is 0 Å². The molecule has 0 radical (unpaired) electrons. The summed E-state index contributed by atoms with van der Waals surface area (Å²) in [5.41, 5.74) is 3.57. The molecule has 0 bridgehead atoms. The number of rotatable bonds is 6. The number of hydrogen-bond acceptors (Lipinski definition) is 4. The molecule has 5 rings (SSSR count). The van der Waals surface area contributed by atoms with Crippen molar-refractivity contribution in [3.05, 3.63) is 70.1 Å². The molecule has 0 spiro atoms. The molecule has 1 fully saturated rings. The molecule has 1 aliphatic carbocycles. The van der Waals surface area contributed by atoms with Gasteiger partial charge in [0.1, 0.15) is 5.15 Å². The van der Waals surface area contributed by atoms with Crippen molar-refractivity contribution in [3.63, 3.8) is 0 Å². The van der Waals surface area contributed by atoms with Crippen LogP contribution in [0.1, 0.15) is 78.0 Å². The van der Waals surface area contributed by atoms with Crippen LogP contribution in [-0.2, 0) is 6.42 Å². The van der Waals surface area contributed by atoms with E-state index in [9.17, 15) is 23.1 Å². The Labute approximate surface area is 212 Å². The molecule has 3 aromatic rings. The Morgan fingerprint density at radius 2 is 1.94 bits per heavy atom. The summed E-state index contributed by atoms with van der Waals surface area (Å²) in [7, 11) is 0. The van der Waals surface area contributed by atoms with E-state index in [1.54, 1.807) is 23.4 Å². The van der Waals surface area contributed by atoms with Crippen molar-refractivity contribution < 1.29 is 23.1 Å². The molecule has 9 heteroatoms. The topological polar surface area (TPSA) is 66.3 Å². The number of carbonyl (C=O) groups is 1. The maximum Gasteiger partial charge on any atom is 0.389 e. The van der Waals surface area contributed by atoms with Crippen LogP contribution in [0.4, 0.5) is 13.2 Å². The van der Waals surface area contributed by atoms with Crippen molar-refractivity contribution in [3.8, 4) is 0 Å². The number of aliphatic hydroxyl groups is 1. The number of nitrogens with zero attached hydrogens (tertiary/aromatic N) is 3. The van der Waals surface area contributed by atoms with Crippen LogP contribution in [0.5, 0.6) is 0 Å². The molecule has 1 aliphatic heterocycles. The molecular weight excluding hydrogens is 491 g/mol. The Hall–Kier alpha value is -2.71. The molecule has 1 aromatic carbocycles. The third-order valence-corrected chi connectivity index (χ3v) is 7.55. The molecule has 3 unspecified atom stereocenters. The Kier molecular flexibility index (Phi) is 6.92. The molecule has 1 N–H and O–H groups in total. The molecule has 0 saturated heterocycles. The van der Waals surface area contributed by atoms with Crippen LogP contribution in [0.3, 0.4) is 0 Å². The maximum absolute atomic E-state index is 13.8. The van der Waals surface area contributed by atoms with Crippen LogP contribution < -0.4 is 0 Å². The number of halogens is 4. The van der Waals surface area contributed by atoms with Gasteiger partial charge in [-0.05, 0) is 61.4 Å². The third-order valence-electron chi connectivity index (χ3n) is 7.32. The minimum Gasteiger partial charge on any atom is -0.391 e. The minimum atomic E-state index is -4.27. The number of pyridine rings is 2. The van der Waals surface area contributed by atoms with Crippen molar-refractivity contribution in [2.75, 3.05) is 0 Å². The summed E-state index contributed by atoms with van der Waals surface area (Å²) in [6.07, 6.45) is 0.951. The van der Waals surface area contributed by atoms with Gasteiger partial charge < -0.3 is 10.0 Å². The lowest BCUT2D eigenvalue weighted by Crippen LogP contribution is -2.47. The molecule has 5 nitrogen and oxygen atoms in total. The molecule has 3 atom stereocenters. The highest BCUT2D eigenvalue weighted by Gasteiger charge is 2.45. The number of fused-ring (bicyclic) bond motifs is 3. The van der Waals surface area contributed by atoms with E-state index in [-0.39, 0.29) is 18.7 Å². The summed E-state index contributed by atoms with van der Waals surface area (Å²) in [5, 5.41) is 12.0. The van der Waals surface area contributed by atoms with Gasteiger partial charge in [0, 0.05) is 35.3 Å². The van der Waals surface area contributed by atoms with Gasteiger partial charge in [-0.3, -0.25) is 9.78 Å². The fourth-order valence-corrected chi connectivity index (χ4v) is 5.84. The Balaban J connectivity index is 1.60.